The Morgan fingerprint density at radius 3 is 2.59 bits per heavy atom. The maximum absolute atomic E-state index is 13.1. The summed E-state index contributed by atoms with van der Waals surface area (Å²) in [4.78, 5) is 29.4. The number of thioether (sulfide) groups is 1. The minimum absolute atomic E-state index is 0.334. The number of amides is 1. The van der Waals surface area contributed by atoms with Crippen LogP contribution in [-0.4, -0.2) is 42.0 Å². The van der Waals surface area contributed by atoms with Crippen molar-refractivity contribution in [3.8, 4) is 16.9 Å². The minimum Gasteiger partial charge on any atom is -0.489 e. The van der Waals surface area contributed by atoms with Gasteiger partial charge >= 0.3 is 5.97 Å². The van der Waals surface area contributed by atoms with Gasteiger partial charge < -0.3 is 14.8 Å². The Morgan fingerprint density at radius 2 is 1.91 bits per heavy atom. The fourth-order valence-electron chi connectivity index (χ4n) is 3.18. The molecular formula is C25H26N2O4S. The highest BCUT2D eigenvalue weighted by atomic mass is 32.2. The van der Waals surface area contributed by atoms with E-state index < -0.39 is 12.0 Å². The molecule has 3 aromatic rings. The van der Waals surface area contributed by atoms with Crippen LogP contribution in [0.15, 0.2) is 73.1 Å². The second-order valence-corrected chi connectivity index (χ2v) is 8.04. The summed E-state index contributed by atoms with van der Waals surface area (Å²) < 4.78 is 10.8. The second kappa shape index (κ2) is 11.9. The molecule has 2 aromatic carbocycles. The van der Waals surface area contributed by atoms with Crippen LogP contribution in [0.25, 0.3) is 11.1 Å². The Kier molecular flexibility index (Phi) is 8.69. The Hall–Kier alpha value is -3.32. The van der Waals surface area contributed by atoms with Crippen molar-refractivity contribution in [2.45, 2.75) is 19.1 Å². The van der Waals surface area contributed by atoms with E-state index in [1.54, 1.807) is 36.3 Å². The molecule has 0 aliphatic carbocycles. The summed E-state index contributed by atoms with van der Waals surface area (Å²) in [5, 5.41) is 2.83. The molecule has 32 heavy (non-hydrogen) atoms. The lowest BCUT2D eigenvalue weighted by atomic mass is 9.98. The zero-order chi connectivity index (χ0) is 22.8. The van der Waals surface area contributed by atoms with Gasteiger partial charge in [-0.3, -0.25) is 9.78 Å². The van der Waals surface area contributed by atoms with Gasteiger partial charge in [0.05, 0.1) is 7.11 Å². The topological polar surface area (TPSA) is 77.5 Å². The van der Waals surface area contributed by atoms with Crippen molar-refractivity contribution in [3.63, 3.8) is 0 Å². The van der Waals surface area contributed by atoms with Gasteiger partial charge in [-0.1, -0.05) is 36.4 Å². The average Bonchev–Trinajstić information content (AvgIpc) is 2.85. The highest BCUT2D eigenvalue weighted by Gasteiger charge is 2.23. The van der Waals surface area contributed by atoms with Crippen molar-refractivity contribution < 1.29 is 19.1 Å². The van der Waals surface area contributed by atoms with Crippen LogP contribution in [0, 0.1) is 0 Å². The van der Waals surface area contributed by atoms with E-state index in [0.29, 0.717) is 24.3 Å². The van der Waals surface area contributed by atoms with Crippen molar-refractivity contribution in [1.29, 1.82) is 0 Å². The number of methoxy groups -OCH3 is 1. The highest BCUT2D eigenvalue weighted by molar-refractivity contribution is 7.98. The quantitative estimate of drug-likeness (QED) is 0.463. The molecule has 6 nitrogen and oxygen atoms in total. The van der Waals surface area contributed by atoms with Gasteiger partial charge in [-0.15, -0.1) is 0 Å². The fourth-order valence-corrected chi connectivity index (χ4v) is 3.65. The summed E-state index contributed by atoms with van der Waals surface area (Å²) in [6, 6.07) is 18.0. The van der Waals surface area contributed by atoms with Gasteiger partial charge in [0.1, 0.15) is 18.4 Å². The minimum atomic E-state index is -0.704. The number of esters is 1. The first-order valence-electron chi connectivity index (χ1n) is 10.2. The summed E-state index contributed by atoms with van der Waals surface area (Å²) in [5.41, 5.74) is 3.01. The molecule has 166 valence electrons. The van der Waals surface area contributed by atoms with Gasteiger partial charge in [0, 0.05) is 23.5 Å². The van der Waals surface area contributed by atoms with Crippen LogP contribution >= 0.6 is 11.8 Å². The second-order valence-electron chi connectivity index (χ2n) is 7.05. The van der Waals surface area contributed by atoms with Gasteiger partial charge in [-0.25, -0.2) is 4.79 Å². The lowest BCUT2D eigenvalue weighted by Crippen LogP contribution is -2.42. The average molecular weight is 451 g/mol. The summed E-state index contributed by atoms with van der Waals surface area (Å²) in [5.74, 6) is 0.576. The Labute approximate surface area is 192 Å². The van der Waals surface area contributed by atoms with Gasteiger partial charge in [-0.05, 0) is 53.8 Å². The van der Waals surface area contributed by atoms with E-state index in [1.165, 1.54) is 7.11 Å². The number of carbonyl (C=O) groups excluding carboxylic acids is 2. The molecule has 0 bridgehead atoms. The van der Waals surface area contributed by atoms with E-state index >= 15 is 0 Å². The van der Waals surface area contributed by atoms with Crippen molar-refractivity contribution in [3.05, 3.63) is 84.2 Å². The third-order valence-corrected chi connectivity index (χ3v) is 5.49. The van der Waals surface area contributed by atoms with E-state index in [1.807, 2.05) is 54.8 Å². The van der Waals surface area contributed by atoms with Gasteiger partial charge in [0.2, 0.25) is 0 Å². The van der Waals surface area contributed by atoms with Gasteiger partial charge in [0.15, 0.2) is 0 Å². The summed E-state index contributed by atoms with van der Waals surface area (Å²) >= 11 is 1.61. The molecule has 0 radical (unpaired) electrons. The fraction of sp³-hybridized carbons (Fsp3) is 0.240. The first kappa shape index (κ1) is 23.3. The Balaban J connectivity index is 1.86. The van der Waals surface area contributed by atoms with E-state index in [9.17, 15) is 9.59 Å². The summed E-state index contributed by atoms with van der Waals surface area (Å²) in [6.45, 7) is 0.368. The first-order chi connectivity index (χ1) is 15.6. The number of nitrogens with one attached hydrogen (secondary N) is 1. The predicted molar refractivity (Wildman–Crippen MR) is 127 cm³/mol. The molecule has 0 spiro atoms. The van der Waals surface area contributed by atoms with Crippen LogP contribution in [0.1, 0.15) is 22.3 Å². The third kappa shape index (κ3) is 6.34. The van der Waals surface area contributed by atoms with Crippen LogP contribution in [-0.2, 0) is 16.1 Å². The standard InChI is InChI=1S/C25H26N2O4S/c1-30-25(29)23(12-14-32-2)27-24(28)21-11-10-20(31-17-18-7-6-13-26-16-18)15-22(21)19-8-4-3-5-9-19/h3-11,13,15-16,23H,12,14,17H2,1-2H3,(H,27,28). The molecule has 1 aromatic heterocycles. The van der Waals surface area contributed by atoms with Crippen LogP contribution in [0.5, 0.6) is 5.75 Å². The van der Waals surface area contributed by atoms with E-state index in [2.05, 4.69) is 10.3 Å². The van der Waals surface area contributed by atoms with Crippen LogP contribution in [0.2, 0.25) is 0 Å². The largest absolute Gasteiger partial charge is 0.489 e. The van der Waals surface area contributed by atoms with E-state index in [-0.39, 0.29) is 5.91 Å². The van der Waals surface area contributed by atoms with Crippen LogP contribution in [0.4, 0.5) is 0 Å². The predicted octanol–water partition coefficient (Wildman–Crippen LogP) is 4.35. The number of benzene rings is 2. The lowest BCUT2D eigenvalue weighted by molar-refractivity contribution is -0.142. The molecule has 1 atom stereocenters. The number of aromatic nitrogens is 1. The number of ether oxygens (including phenoxy) is 2. The number of hydrogen-bond acceptors (Lipinski definition) is 6. The molecule has 1 unspecified atom stereocenters. The van der Waals surface area contributed by atoms with Crippen molar-refractivity contribution in [1.82, 2.24) is 10.3 Å². The third-order valence-electron chi connectivity index (χ3n) is 4.85. The molecule has 1 N–H and O–H groups in total. The number of hydrogen-bond donors (Lipinski definition) is 1. The first-order valence-corrected chi connectivity index (χ1v) is 11.6. The smallest absolute Gasteiger partial charge is 0.328 e. The monoisotopic (exact) mass is 450 g/mol. The maximum atomic E-state index is 13.1. The van der Waals surface area contributed by atoms with Gasteiger partial charge in [0.25, 0.3) is 5.91 Å². The number of nitrogens with zero attached hydrogens (tertiary/aromatic N) is 1. The molecule has 3 rings (SSSR count). The van der Waals surface area contributed by atoms with Gasteiger partial charge in [-0.2, -0.15) is 11.8 Å². The van der Waals surface area contributed by atoms with Crippen molar-refractivity contribution in [2.75, 3.05) is 19.1 Å². The highest BCUT2D eigenvalue weighted by Crippen LogP contribution is 2.29. The molecule has 0 fully saturated rings. The molecule has 1 amide bonds. The lowest BCUT2D eigenvalue weighted by Gasteiger charge is -2.18. The Morgan fingerprint density at radius 1 is 1.09 bits per heavy atom. The maximum Gasteiger partial charge on any atom is 0.328 e. The summed E-state index contributed by atoms with van der Waals surface area (Å²) in [7, 11) is 1.32. The van der Waals surface area contributed by atoms with E-state index in [4.69, 9.17) is 9.47 Å². The SMILES string of the molecule is COC(=O)C(CCSC)NC(=O)c1ccc(OCc2cccnc2)cc1-c1ccccc1. The molecule has 0 saturated heterocycles. The van der Waals surface area contributed by atoms with Crippen molar-refractivity contribution >= 4 is 23.6 Å². The zero-order valence-electron chi connectivity index (χ0n) is 18.1. The van der Waals surface area contributed by atoms with Crippen molar-refractivity contribution in [2.24, 2.45) is 0 Å². The van der Waals surface area contributed by atoms with Crippen LogP contribution < -0.4 is 10.1 Å². The molecule has 1 heterocycles. The molecule has 7 heteroatoms. The molecular weight excluding hydrogens is 424 g/mol. The van der Waals surface area contributed by atoms with Crippen LogP contribution in [0.3, 0.4) is 0 Å². The summed E-state index contributed by atoms with van der Waals surface area (Å²) in [6.07, 6.45) is 5.91. The number of carbonyl (C=O) groups is 2. The number of pyridine rings is 1. The molecule has 0 aliphatic heterocycles. The number of rotatable bonds is 10. The van der Waals surface area contributed by atoms with E-state index in [0.717, 1.165) is 22.4 Å². The Bertz CT molecular complexity index is 1030. The molecule has 0 aliphatic rings. The molecule has 0 saturated carbocycles. The normalized spacial score (nSPS) is 11.4. The zero-order valence-corrected chi connectivity index (χ0v) is 18.9.